The van der Waals surface area contributed by atoms with Crippen molar-refractivity contribution in [2.45, 2.75) is 19.6 Å². The van der Waals surface area contributed by atoms with E-state index in [9.17, 15) is 9.00 Å². The van der Waals surface area contributed by atoms with Gasteiger partial charge in [0.1, 0.15) is 5.78 Å². The van der Waals surface area contributed by atoms with Crippen LogP contribution in [-0.4, -0.2) is 15.7 Å². The molecule has 0 saturated heterocycles. The first-order valence-electron chi connectivity index (χ1n) is 5.15. The summed E-state index contributed by atoms with van der Waals surface area (Å²) in [4.78, 5) is 11.1. The molecule has 4 heteroatoms. The van der Waals surface area contributed by atoms with E-state index in [4.69, 9.17) is 11.2 Å². The summed E-state index contributed by atoms with van der Waals surface area (Å²) in [5.41, 5.74) is 0.971. The van der Waals surface area contributed by atoms with Crippen LogP contribution in [0.3, 0.4) is 0 Å². The second-order valence-corrected chi connectivity index (χ2v) is 7.98. The Kier molecular flexibility index (Phi) is 4.62. The molecule has 1 aromatic rings. The lowest BCUT2D eigenvalue weighted by Gasteiger charge is -2.11. The first kappa shape index (κ1) is 13.3. The first-order chi connectivity index (χ1) is 7.41. The molecule has 0 fully saturated rings. The third-order valence-corrected chi connectivity index (χ3v) is 4.97. The molecule has 0 heterocycles. The van der Waals surface area contributed by atoms with Crippen molar-refractivity contribution in [3.63, 3.8) is 0 Å². The molecule has 0 N–H and O–H groups in total. The van der Waals surface area contributed by atoms with Crippen molar-refractivity contribution in [3.05, 3.63) is 35.9 Å². The van der Waals surface area contributed by atoms with Gasteiger partial charge in [-0.3, -0.25) is 9.00 Å². The normalized spacial score (nSPS) is 16.4. The zero-order valence-electron chi connectivity index (χ0n) is 9.51. The van der Waals surface area contributed by atoms with Crippen molar-refractivity contribution in [1.82, 2.24) is 0 Å². The second-order valence-electron chi connectivity index (χ2n) is 4.05. The first-order valence-corrected chi connectivity index (χ1v) is 7.97. The van der Waals surface area contributed by atoms with E-state index in [1.807, 2.05) is 30.3 Å². The van der Waals surface area contributed by atoms with Gasteiger partial charge in [0, 0.05) is 20.2 Å². The quantitative estimate of drug-likeness (QED) is 0.809. The fourth-order valence-corrected chi connectivity index (χ4v) is 4.22. The SMILES string of the molecule is CC(=O)[C@@H](C)CS(=O)(=S)Cc1ccccc1. The monoisotopic (exact) mass is 256 g/mol. The van der Waals surface area contributed by atoms with E-state index in [0.717, 1.165) is 5.56 Å². The number of Topliss-reactive ketones (excluding diaryl/α,β-unsaturated/α-hetero) is 1. The molecule has 0 radical (unpaired) electrons. The third kappa shape index (κ3) is 4.41. The van der Waals surface area contributed by atoms with E-state index in [1.54, 1.807) is 6.92 Å². The van der Waals surface area contributed by atoms with Gasteiger partial charge in [0.15, 0.2) is 0 Å². The van der Waals surface area contributed by atoms with Crippen LogP contribution in [0, 0.1) is 5.92 Å². The van der Waals surface area contributed by atoms with Gasteiger partial charge in [-0.1, -0.05) is 37.3 Å². The van der Waals surface area contributed by atoms with E-state index in [2.05, 4.69) is 0 Å². The summed E-state index contributed by atoms with van der Waals surface area (Å²) in [6.45, 7) is 3.29. The van der Waals surface area contributed by atoms with Gasteiger partial charge < -0.3 is 0 Å². The summed E-state index contributed by atoms with van der Waals surface area (Å²) in [6, 6.07) is 9.52. The molecule has 16 heavy (non-hydrogen) atoms. The summed E-state index contributed by atoms with van der Waals surface area (Å²) < 4.78 is 12.1. The number of ketones is 1. The zero-order chi connectivity index (χ0) is 12.2. The second kappa shape index (κ2) is 5.55. The standard InChI is InChI=1S/C12H16O2S2/c1-10(11(2)13)8-16(14,15)9-12-6-4-3-5-7-12/h3-7,10H,8-9H2,1-2H3/t10-,16?/m0/s1. The summed E-state index contributed by atoms with van der Waals surface area (Å²) in [5.74, 6) is 0.507. The summed E-state index contributed by atoms with van der Waals surface area (Å²) in [6.07, 6.45) is 0. The van der Waals surface area contributed by atoms with Gasteiger partial charge in [0.25, 0.3) is 0 Å². The topological polar surface area (TPSA) is 34.1 Å². The molecule has 0 amide bonds. The van der Waals surface area contributed by atoms with Crippen molar-refractivity contribution in [1.29, 1.82) is 0 Å². The van der Waals surface area contributed by atoms with Crippen molar-refractivity contribution in [3.8, 4) is 0 Å². The van der Waals surface area contributed by atoms with Gasteiger partial charge in [0.05, 0.1) is 5.75 Å². The van der Waals surface area contributed by atoms with E-state index in [-0.39, 0.29) is 11.7 Å². The van der Waals surface area contributed by atoms with Gasteiger partial charge in [0.2, 0.25) is 0 Å². The van der Waals surface area contributed by atoms with Crippen LogP contribution in [0.5, 0.6) is 0 Å². The van der Waals surface area contributed by atoms with E-state index in [0.29, 0.717) is 11.5 Å². The van der Waals surface area contributed by atoms with Crippen LogP contribution in [-0.2, 0) is 30.2 Å². The van der Waals surface area contributed by atoms with Gasteiger partial charge >= 0.3 is 0 Å². The summed E-state index contributed by atoms with van der Waals surface area (Å²) in [7, 11) is -2.37. The molecule has 2 atom stereocenters. The van der Waals surface area contributed by atoms with Crippen molar-refractivity contribution in [2.24, 2.45) is 5.92 Å². The van der Waals surface area contributed by atoms with E-state index < -0.39 is 8.49 Å². The predicted molar refractivity (Wildman–Crippen MR) is 70.4 cm³/mol. The number of rotatable bonds is 5. The minimum absolute atomic E-state index is 0.0469. The Balaban J connectivity index is 2.70. The predicted octanol–water partition coefficient (Wildman–Crippen LogP) is 2.16. The highest BCUT2D eigenvalue weighted by molar-refractivity contribution is 8.32. The molecule has 0 aliphatic heterocycles. The number of benzene rings is 1. The van der Waals surface area contributed by atoms with Crippen LogP contribution in [0.25, 0.3) is 0 Å². The molecule has 1 aromatic carbocycles. The fraction of sp³-hybridized carbons (Fsp3) is 0.417. The van der Waals surface area contributed by atoms with Crippen molar-refractivity contribution in [2.75, 3.05) is 5.75 Å². The maximum atomic E-state index is 12.1. The lowest BCUT2D eigenvalue weighted by Crippen LogP contribution is -2.19. The molecule has 0 bridgehead atoms. The van der Waals surface area contributed by atoms with Crippen LogP contribution in [0.4, 0.5) is 0 Å². The zero-order valence-corrected chi connectivity index (χ0v) is 11.1. The Morgan fingerprint density at radius 3 is 2.44 bits per heavy atom. The lowest BCUT2D eigenvalue weighted by molar-refractivity contribution is -0.119. The van der Waals surface area contributed by atoms with Crippen LogP contribution in [0.15, 0.2) is 30.3 Å². The van der Waals surface area contributed by atoms with Gasteiger partial charge in [-0.25, -0.2) is 0 Å². The highest BCUT2D eigenvalue weighted by atomic mass is 32.8. The molecule has 1 unspecified atom stereocenters. The van der Waals surface area contributed by atoms with Gasteiger partial charge in [-0.05, 0) is 23.7 Å². The Bertz CT molecular complexity index is 449. The highest BCUT2D eigenvalue weighted by Gasteiger charge is 2.16. The van der Waals surface area contributed by atoms with Crippen LogP contribution in [0.1, 0.15) is 19.4 Å². The average molecular weight is 256 g/mol. The minimum Gasteiger partial charge on any atom is -0.300 e. The molecule has 0 aliphatic rings. The Hall–Kier alpha value is -0.740. The molecule has 1 rings (SSSR count). The highest BCUT2D eigenvalue weighted by Crippen LogP contribution is 2.10. The molecule has 2 nitrogen and oxygen atoms in total. The number of carbonyl (C=O) groups is 1. The average Bonchev–Trinajstić information content (AvgIpc) is 2.17. The molecule has 0 saturated carbocycles. The Morgan fingerprint density at radius 1 is 1.38 bits per heavy atom. The van der Waals surface area contributed by atoms with Gasteiger partial charge in [-0.15, -0.1) is 0 Å². The maximum Gasteiger partial charge on any atom is 0.133 e. The molecule has 0 spiro atoms. The minimum atomic E-state index is -2.37. The lowest BCUT2D eigenvalue weighted by atomic mass is 10.1. The third-order valence-electron chi connectivity index (χ3n) is 2.43. The maximum absolute atomic E-state index is 12.1. The molecular weight excluding hydrogens is 240 g/mol. The van der Waals surface area contributed by atoms with Crippen LogP contribution < -0.4 is 0 Å². The Labute approximate surface area is 102 Å². The number of hydrogen-bond acceptors (Lipinski definition) is 3. The molecule has 0 aromatic heterocycles. The molecule has 0 aliphatic carbocycles. The van der Waals surface area contributed by atoms with Gasteiger partial charge in [-0.2, -0.15) is 0 Å². The molecular formula is C12H16O2S2. The fourth-order valence-electron chi connectivity index (χ4n) is 1.39. The number of carbonyl (C=O) groups excluding carboxylic acids is 1. The smallest absolute Gasteiger partial charge is 0.133 e. The van der Waals surface area contributed by atoms with Crippen LogP contribution in [0.2, 0.25) is 0 Å². The largest absolute Gasteiger partial charge is 0.300 e. The van der Waals surface area contributed by atoms with Crippen molar-refractivity contribution < 1.29 is 9.00 Å². The van der Waals surface area contributed by atoms with Crippen molar-refractivity contribution >= 4 is 25.5 Å². The van der Waals surface area contributed by atoms with Crippen LogP contribution >= 0.6 is 0 Å². The van der Waals surface area contributed by atoms with E-state index >= 15 is 0 Å². The molecule has 88 valence electrons. The number of hydrogen-bond donors (Lipinski definition) is 0. The Morgan fingerprint density at radius 2 is 1.94 bits per heavy atom. The van der Waals surface area contributed by atoms with E-state index in [1.165, 1.54) is 6.92 Å². The summed E-state index contributed by atoms with van der Waals surface area (Å²) >= 11 is 5.10. The summed E-state index contributed by atoms with van der Waals surface area (Å²) in [5, 5.41) is 0.